The average molecular weight is 224 g/mol. The summed E-state index contributed by atoms with van der Waals surface area (Å²) >= 11 is 0. The van der Waals surface area contributed by atoms with E-state index in [1.54, 1.807) is 13.0 Å². The Labute approximate surface area is 94.1 Å². The fourth-order valence-electron chi connectivity index (χ4n) is 1.12. The van der Waals surface area contributed by atoms with Crippen LogP contribution in [0.25, 0.3) is 0 Å². The first-order valence-corrected chi connectivity index (χ1v) is 5.11. The third kappa shape index (κ3) is 3.20. The van der Waals surface area contributed by atoms with Crippen LogP contribution >= 0.6 is 0 Å². The van der Waals surface area contributed by atoms with Crippen LogP contribution < -0.4 is 5.32 Å². The van der Waals surface area contributed by atoms with Gasteiger partial charge in [-0.15, -0.1) is 0 Å². The van der Waals surface area contributed by atoms with Crippen LogP contribution in [0.3, 0.4) is 0 Å². The summed E-state index contributed by atoms with van der Waals surface area (Å²) in [4.78, 5) is 14.8. The molecule has 0 amide bonds. The van der Waals surface area contributed by atoms with E-state index < -0.39 is 11.6 Å². The Balaban J connectivity index is 2.78. The topological polar surface area (TPSA) is 82.5 Å². The van der Waals surface area contributed by atoms with Crippen LogP contribution in [-0.4, -0.2) is 33.3 Å². The van der Waals surface area contributed by atoms with Crippen LogP contribution in [-0.2, 0) is 0 Å². The second-order valence-corrected chi connectivity index (χ2v) is 3.91. The number of hydrogen-bond donors (Lipinski definition) is 3. The van der Waals surface area contributed by atoms with Gasteiger partial charge in [-0.3, -0.25) is 0 Å². The van der Waals surface area contributed by atoms with Gasteiger partial charge in [-0.1, -0.05) is 6.92 Å². The second kappa shape index (κ2) is 4.94. The van der Waals surface area contributed by atoms with E-state index in [0.717, 1.165) is 0 Å². The van der Waals surface area contributed by atoms with E-state index in [9.17, 15) is 9.90 Å². The van der Waals surface area contributed by atoms with Gasteiger partial charge in [-0.2, -0.15) is 0 Å². The van der Waals surface area contributed by atoms with Gasteiger partial charge in [-0.05, 0) is 25.5 Å². The molecule has 1 aromatic heterocycles. The molecule has 1 aromatic rings. The largest absolute Gasteiger partial charge is 0.478 e. The van der Waals surface area contributed by atoms with E-state index in [2.05, 4.69) is 10.3 Å². The Kier molecular flexibility index (Phi) is 3.84. The van der Waals surface area contributed by atoms with Gasteiger partial charge in [0.2, 0.25) is 0 Å². The van der Waals surface area contributed by atoms with Crippen molar-refractivity contribution < 1.29 is 15.0 Å². The van der Waals surface area contributed by atoms with E-state index >= 15 is 0 Å². The van der Waals surface area contributed by atoms with Gasteiger partial charge in [0.25, 0.3) is 0 Å². The van der Waals surface area contributed by atoms with E-state index in [1.807, 2.05) is 6.92 Å². The van der Waals surface area contributed by atoms with E-state index in [0.29, 0.717) is 6.42 Å². The SMILES string of the molecule is CCC(C)(O)CNc1ncccc1C(=O)O. The molecule has 0 aliphatic heterocycles. The lowest BCUT2D eigenvalue weighted by atomic mass is 10.0. The summed E-state index contributed by atoms with van der Waals surface area (Å²) in [7, 11) is 0. The molecule has 1 rings (SSSR count). The predicted molar refractivity (Wildman–Crippen MR) is 60.6 cm³/mol. The Bertz CT molecular complexity index is 377. The van der Waals surface area contributed by atoms with Crippen LogP contribution in [0.4, 0.5) is 5.82 Å². The van der Waals surface area contributed by atoms with Crippen molar-refractivity contribution in [3.8, 4) is 0 Å². The Morgan fingerprint density at radius 2 is 2.31 bits per heavy atom. The monoisotopic (exact) mass is 224 g/mol. The smallest absolute Gasteiger partial charge is 0.339 e. The van der Waals surface area contributed by atoms with Gasteiger partial charge in [0.1, 0.15) is 11.4 Å². The molecule has 0 radical (unpaired) electrons. The first-order chi connectivity index (χ1) is 7.46. The van der Waals surface area contributed by atoms with E-state index in [4.69, 9.17) is 5.11 Å². The number of nitrogens with one attached hydrogen (secondary N) is 1. The van der Waals surface area contributed by atoms with Crippen molar-refractivity contribution in [2.45, 2.75) is 25.9 Å². The molecule has 0 bridgehead atoms. The Hall–Kier alpha value is -1.62. The van der Waals surface area contributed by atoms with Crippen LogP contribution in [0.1, 0.15) is 30.6 Å². The van der Waals surface area contributed by atoms with Crippen LogP contribution in [0, 0.1) is 0 Å². The van der Waals surface area contributed by atoms with Crippen LogP contribution in [0.15, 0.2) is 18.3 Å². The molecule has 5 nitrogen and oxygen atoms in total. The van der Waals surface area contributed by atoms with E-state index in [-0.39, 0.29) is 17.9 Å². The minimum Gasteiger partial charge on any atom is -0.478 e. The minimum atomic E-state index is -1.04. The molecule has 0 aliphatic rings. The molecular formula is C11H16N2O3. The van der Waals surface area contributed by atoms with Crippen LogP contribution in [0.2, 0.25) is 0 Å². The summed E-state index contributed by atoms with van der Waals surface area (Å²) < 4.78 is 0. The highest BCUT2D eigenvalue weighted by Crippen LogP contribution is 2.14. The average Bonchev–Trinajstić information content (AvgIpc) is 2.27. The third-order valence-corrected chi connectivity index (χ3v) is 2.44. The van der Waals surface area contributed by atoms with Crippen molar-refractivity contribution in [3.63, 3.8) is 0 Å². The minimum absolute atomic E-state index is 0.106. The molecular weight excluding hydrogens is 208 g/mol. The molecule has 3 N–H and O–H groups in total. The lowest BCUT2D eigenvalue weighted by Gasteiger charge is -2.22. The van der Waals surface area contributed by atoms with Crippen molar-refractivity contribution >= 4 is 11.8 Å². The number of nitrogens with zero attached hydrogens (tertiary/aromatic N) is 1. The van der Waals surface area contributed by atoms with Gasteiger partial charge >= 0.3 is 5.97 Å². The van der Waals surface area contributed by atoms with Crippen molar-refractivity contribution in [1.29, 1.82) is 0 Å². The zero-order valence-corrected chi connectivity index (χ0v) is 9.40. The fourth-order valence-corrected chi connectivity index (χ4v) is 1.12. The summed E-state index contributed by atoms with van der Waals surface area (Å²) in [6.45, 7) is 3.81. The number of aromatic nitrogens is 1. The summed E-state index contributed by atoms with van der Waals surface area (Å²) in [6, 6.07) is 3.03. The quantitative estimate of drug-likeness (QED) is 0.703. The van der Waals surface area contributed by atoms with Gasteiger partial charge in [0.05, 0.1) is 5.60 Å². The van der Waals surface area contributed by atoms with Crippen molar-refractivity contribution in [1.82, 2.24) is 4.98 Å². The summed E-state index contributed by atoms with van der Waals surface area (Å²) in [5, 5.41) is 21.5. The second-order valence-electron chi connectivity index (χ2n) is 3.91. The maximum absolute atomic E-state index is 10.9. The van der Waals surface area contributed by atoms with Gasteiger partial charge in [0.15, 0.2) is 0 Å². The highest BCUT2D eigenvalue weighted by Gasteiger charge is 2.19. The lowest BCUT2D eigenvalue weighted by molar-refractivity contribution is 0.0676. The maximum Gasteiger partial charge on any atom is 0.339 e. The predicted octanol–water partition coefficient (Wildman–Crippen LogP) is 1.35. The molecule has 1 atom stereocenters. The van der Waals surface area contributed by atoms with Crippen LogP contribution in [0.5, 0.6) is 0 Å². The molecule has 5 heteroatoms. The van der Waals surface area contributed by atoms with Crippen molar-refractivity contribution in [2.75, 3.05) is 11.9 Å². The summed E-state index contributed by atoms with van der Waals surface area (Å²) in [6.07, 6.45) is 2.09. The molecule has 0 spiro atoms. The first-order valence-electron chi connectivity index (χ1n) is 5.11. The zero-order chi connectivity index (χ0) is 12.2. The molecule has 0 aromatic carbocycles. The maximum atomic E-state index is 10.9. The Morgan fingerprint density at radius 1 is 1.62 bits per heavy atom. The molecule has 16 heavy (non-hydrogen) atoms. The molecule has 1 heterocycles. The summed E-state index contributed by atoms with van der Waals surface area (Å²) in [5.41, 5.74) is -0.762. The normalized spacial score (nSPS) is 14.2. The Morgan fingerprint density at radius 3 is 2.88 bits per heavy atom. The number of aromatic carboxylic acids is 1. The highest BCUT2D eigenvalue weighted by atomic mass is 16.4. The van der Waals surface area contributed by atoms with Crippen molar-refractivity contribution in [2.24, 2.45) is 0 Å². The van der Waals surface area contributed by atoms with Gasteiger partial charge in [-0.25, -0.2) is 9.78 Å². The number of aliphatic hydroxyl groups is 1. The number of carbonyl (C=O) groups is 1. The number of carboxylic acid groups (broad SMARTS) is 1. The molecule has 0 saturated carbocycles. The zero-order valence-electron chi connectivity index (χ0n) is 9.40. The number of anilines is 1. The fraction of sp³-hybridized carbons (Fsp3) is 0.455. The number of rotatable bonds is 5. The van der Waals surface area contributed by atoms with Gasteiger partial charge in [0, 0.05) is 12.7 Å². The molecule has 1 unspecified atom stereocenters. The number of pyridine rings is 1. The van der Waals surface area contributed by atoms with E-state index in [1.165, 1.54) is 12.3 Å². The number of hydrogen-bond acceptors (Lipinski definition) is 4. The lowest BCUT2D eigenvalue weighted by Crippen LogP contribution is -2.33. The molecule has 88 valence electrons. The molecule has 0 fully saturated rings. The van der Waals surface area contributed by atoms with Gasteiger partial charge < -0.3 is 15.5 Å². The third-order valence-electron chi connectivity index (χ3n) is 2.44. The first kappa shape index (κ1) is 12.4. The molecule has 0 saturated heterocycles. The van der Waals surface area contributed by atoms with Crippen molar-refractivity contribution in [3.05, 3.63) is 23.9 Å². The standard InChI is InChI=1S/C11H16N2O3/c1-3-11(2,16)7-13-9-8(10(14)15)5-4-6-12-9/h4-6,16H,3,7H2,1-2H3,(H,12,13)(H,14,15). The highest BCUT2D eigenvalue weighted by molar-refractivity contribution is 5.92. The summed E-state index contributed by atoms with van der Waals surface area (Å²) in [5.74, 6) is -0.754. The molecule has 0 aliphatic carbocycles. The number of carboxylic acids is 1.